The number of nitrogens with zero attached hydrogens (tertiary/aromatic N) is 1. The fraction of sp³-hybridized carbons (Fsp3) is 0.320. The summed E-state index contributed by atoms with van der Waals surface area (Å²) < 4.78 is 5.53. The maximum atomic E-state index is 13.4. The molecular weight excluding hydrogens is 376 g/mol. The lowest BCUT2D eigenvalue weighted by molar-refractivity contribution is -0.143. The highest BCUT2D eigenvalue weighted by atomic mass is 16.5. The quantitative estimate of drug-likeness (QED) is 0.768. The van der Waals surface area contributed by atoms with E-state index in [1.807, 2.05) is 51.1 Å². The van der Waals surface area contributed by atoms with Gasteiger partial charge in [-0.1, -0.05) is 36.4 Å². The molecule has 0 fully saturated rings. The van der Waals surface area contributed by atoms with Crippen LogP contribution in [0.5, 0.6) is 0 Å². The molecule has 1 aliphatic heterocycles. The number of allylic oxidation sites excluding steroid dienone is 3. The average molecular weight is 402 g/mol. The van der Waals surface area contributed by atoms with Crippen molar-refractivity contribution < 1.29 is 14.3 Å². The van der Waals surface area contributed by atoms with Gasteiger partial charge in [-0.3, -0.25) is 9.78 Å². The molecule has 1 aliphatic carbocycles. The van der Waals surface area contributed by atoms with E-state index < -0.39 is 11.9 Å². The molecule has 2 aliphatic rings. The Morgan fingerprint density at radius 1 is 1.10 bits per heavy atom. The molecular formula is C25H26N2O3. The standard InChI is InChI=1S/C25H26N2O3/c1-15(2)30-25(29)22-16(3)27-20-12-19(17-8-5-4-6-9-17)13-21(28)24(20)23(22)18-10-7-11-26-14-18/h4-11,14-15,19,23,27H,12-13H2,1-3H3/t19-,23+/m0/s1. The molecule has 2 heterocycles. The Bertz CT molecular complexity index is 1020. The van der Waals surface area contributed by atoms with Gasteiger partial charge >= 0.3 is 5.97 Å². The van der Waals surface area contributed by atoms with Crippen molar-refractivity contribution in [2.45, 2.75) is 51.6 Å². The van der Waals surface area contributed by atoms with Crippen LogP contribution in [0.15, 0.2) is 77.4 Å². The summed E-state index contributed by atoms with van der Waals surface area (Å²) in [4.78, 5) is 30.6. The molecule has 0 radical (unpaired) electrons. The molecule has 0 amide bonds. The van der Waals surface area contributed by atoms with E-state index in [1.54, 1.807) is 12.4 Å². The highest BCUT2D eigenvalue weighted by Gasteiger charge is 2.41. The Hall–Kier alpha value is -3.21. The van der Waals surface area contributed by atoms with Crippen LogP contribution in [0, 0.1) is 0 Å². The largest absolute Gasteiger partial charge is 0.460 e. The fourth-order valence-corrected chi connectivity index (χ4v) is 4.43. The predicted molar refractivity (Wildman–Crippen MR) is 114 cm³/mol. The summed E-state index contributed by atoms with van der Waals surface area (Å²) in [6.07, 6.45) is 4.33. The van der Waals surface area contributed by atoms with Crippen LogP contribution in [-0.4, -0.2) is 22.8 Å². The first kappa shape index (κ1) is 20.1. The summed E-state index contributed by atoms with van der Waals surface area (Å²) in [5, 5.41) is 3.37. The van der Waals surface area contributed by atoms with E-state index in [-0.39, 0.29) is 17.8 Å². The maximum absolute atomic E-state index is 13.4. The minimum Gasteiger partial charge on any atom is -0.460 e. The van der Waals surface area contributed by atoms with E-state index in [4.69, 9.17) is 4.74 Å². The van der Waals surface area contributed by atoms with Crippen molar-refractivity contribution in [3.63, 3.8) is 0 Å². The molecule has 30 heavy (non-hydrogen) atoms. The molecule has 2 aromatic rings. The lowest BCUT2D eigenvalue weighted by Gasteiger charge is -2.36. The molecule has 2 atom stereocenters. The predicted octanol–water partition coefficient (Wildman–Crippen LogP) is 4.39. The van der Waals surface area contributed by atoms with Crippen LogP contribution < -0.4 is 5.32 Å². The number of carbonyl (C=O) groups excluding carboxylic acids is 2. The number of Topliss-reactive ketones (excluding diaryl/α,β-unsaturated/α-hetero) is 1. The third-order valence-corrected chi connectivity index (χ3v) is 5.68. The number of pyridine rings is 1. The highest BCUT2D eigenvalue weighted by Crippen LogP contribution is 2.45. The minimum atomic E-state index is -0.467. The van der Waals surface area contributed by atoms with Gasteiger partial charge in [-0.25, -0.2) is 4.79 Å². The van der Waals surface area contributed by atoms with E-state index in [1.165, 1.54) is 0 Å². The van der Waals surface area contributed by atoms with Gasteiger partial charge in [0.25, 0.3) is 0 Å². The number of carbonyl (C=O) groups is 2. The van der Waals surface area contributed by atoms with Crippen LogP contribution in [0.4, 0.5) is 0 Å². The van der Waals surface area contributed by atoms with Crippen molar-refractivity contribution in [2.24, 2.45) is 0 Å². The maximum Gasteiger partial charge on any atom is 0.337 e. The molecule has 4 rings (SSSR count). The Morgan fingerprint density at radius 2 is 1.83 bits per heavy atom. The number of dihydropyridines is 1. The van der Waals surface area contributed by atoms with E-state index in [0.717, 1.165) is 28.9 Å². The molecule has 5 heteroatoms. The average Bonchev–Trinajstić information content (AvgIpc) is 2.73. The van der Waals surface area contributed by atoms with Crippen molar-refractivity contribution in [1.82, 2.24) is 10.3 Å². The molecule has 1 aromatic carbocycles. The van der Waals surface area contributed by atoms with E-state index >= 15 is 0 Å². The van der Waals surface area contributed by atoms with Crippen molar-refractivity contribution in [2.75, 3.05) is 0 Å². The number of nitrogens with one attached hydrogen (secondary N) is 1. The molecule has 0 unspecified atom stereocenters. The van der Waals surface area contributed by atoms with Gasteiger partial charge in [0.2, 0.25) is 0 Å². The Balaban J connectivity index is 1.78. The number of ketones is 1. The first-order chi connectivity index (χ1) is 14.5. The lowest BCUT2D eigenvalue weighted by atomic mass is 9.72. The van der Waals surface area contributed by atoms with Crippen molar-refractivity contribution >= 4 is 11.8 Å². The Kier molecular flexibility index (Phi) is 5.53. The third-order valence-electron chi connectivity index (χ3n) is 5.68. The van der Waals surface area contributed by atoms with Gasteiger partial charge in [-0.15, -0.1) is 0 Å². The van der Waals surface area contributed by atoms with E-state index in [0.29, 0.717) is 17.6 Å². The molecule has 5 nitrogen and oxygen atoms in total. The number of esters is 1. The summed E-state index contributed by atoms with van der Waals surface area (Å²) in [6.45, 7) is 5.52. The third kappa shape index (κ3) is 3.80. The van der Waals surface area contributed by atoms with Crippen LogP contribution in [0.25, 0.3) is 0 Å². The monoisotopic (exact) mass is 402 g/mol. The first-order valence-corrected chi connectivity index (χ1v) is 10.4. The zero-order valence-corrected chi connectivity index (χ0v) is 17.5. The zero-order valence-electron chi connectivity index (χ0n) is 17.5. The number of ether oxygens (including phenoxy) is 1. The number of benzene rings is 1. The second kappa shape index (κ2) is 8.27. The first-order valence-electron chi connectivity index (χ1n) is 10.4. The molecule has 1 aromatic heterocycles. The van der Waals surface area contributed by atoms with Crippen LogP contribution in [0.3, 0.4) is 0 Å². The Labute approximate surface area is 176 Å². The number of hydrogen-bond donors (Lipinski definition) is 1. The van der Waals surface area contributed by atoms with Gasteiger partial charge in [-0.2, -0.15) is 0 Å². The van der Waals surface area contributed by atoms with Gasteiger partial charge in [0.15, 0.2) is 5.78 Å². The van der Waals surface area contributed by atoms with Gasteiger partial charge in [-0.05, 0) is 50.3 Å². The van der Waals surface area contributed by atoms with Gasteiger partial charge in [0.1, 0.15) is 0 Å². The van der Waals surface area contributed by atoms with Gasteiger partial charge in [0, 0.05) is 41.7 Å². The van der Waals surface area contributed by atoms with Gasteiger partial charge < -0.3 is 10.1 Å². The summed E-state index contributed by atoms with van der Waals surface area (Å²) in [6, 6.07) is 13.9. The van der Waals surface area contributed by atoms with E-state index in [9.17, 15) is 9.59 Å². The molecule has 154 valence electrons. The fourth-order valence-electron chi connectivity index (χ4n) is 4.43. The lowest BCUT2D eigenvalue weighted by Crippen LogP contribution is -2.36. The normalized spacial score (nSPS) is 21.4. The zero-order chi connectivity index (χ0) is 21.3. The highest BCUT2D eigenvalue weighted by molar-refractivity contribution is 6.04. The molecule has 0 bridgehead atoms. The van der Waals surface area contributed by atoms with E-state index in [2.05, 4.69) is 22.4 Å². The number of hydrogen-bond acceptors (Lipinski definition) is 5. The Morgan fingerprint density at radius 3 is 2.50 bits per heavy atom. The molecule has 0 saturated carbocycles. The van der Waals surface area contributed by atoms with Crippen LogP contribution in [-0.2, 0) is 14.3 Å². The molecule has 0 saturated heterocycles. The summed E-state index contributed by atoms with van der Waals surface area (Å²) in [5.41, 5.74) is 4.76. The van der Waals surface area contributed by atoms with Crippen molar-refractivity contribution in [3.8, 4) is 0 Å². The minimum absolute atomic E-state index is 0.0637. The SMILES string of the molecule is CC1=C(C(=O)OC(C)C)[C@@H](c2cccnc2)C2=C(C[C@H](c3ccccc3)CC2=O)N1. The summed E-state index contributed by atoms with van der Waals surface area (Å²) in [5.74, 6) is -0.677. The summed E-state index contributed by atoms with van der Waals surface area (Å²) in [7, 11) is 0. The van der Waals surface area contributed by atoms with Crippen LogP contribution >= 0.6 is 0 Å². The second-order valence-corrected chi connectivity index (χ2v) is 8.17. The smallest absolute Gasteiger partial charge is 0.337 e. The van der Waals surface area contributed by atoms with Crippen molar-refractivity contribution in [3.05, 3.63) is 88.5 Å². The summed E-state index contributed by atoms with van der Waals surface area (Å²) >= 11 is 0. The van der Waals surface area contributed by atoms with Gasteiger partial charge in [0.05, 0.1) is 11.7 Å². The number of rotatable bonds is 4. The van der Waals surface area contributed by atoms with Crippen molar-refractivity contribution in [1.29, 1.82) is 0 Å². The molecule has 0 spiro atoms. The topological polar surface area (TPSA) is 68.3 Å². The number of aromatic nitrogens is 1. The molecule has 1 N–H and O–H groups in total. The van der Waals surface area contributed by atoms with Crippen LogP contribution in [0.2, 0.25) is 0 Å². The van der Waals surface area contributed by atoms with Crippen LogP contribution in [0.1, 0.15) is 56.6 Å². The second-order valence-electron chi connectivity index (χ2n) is 8.17.